The molecule has 0 bridgehead atoms. The Hall–Kier alpha value is -1.88. The Morgan fingerprint density at radius 1 is 0.537 bits per heavy atom. The van der Waals surface area contributed by atoms with Crippen molar-refractivity contribution in [3.05, 3.63) is 35.9 Å². The van der Waals surface area contributed by atoms with E-state index in [1.165, 1.54) is 166 Å². The fraction of sp³-hybridized carbons (Fsp3) is 0.837. The number of hydrogen-bond acceptors (Lipinski definition) is 5. The number of rotatable bonds is 41. The molecule has 1 aromatic carbocycles. The van der Waals surface area contributed by atoms with Crippen LogP contribution in [0.1, 0.15) is 238 Å². The van der Waals surface area contributed by atoms with Gasteiger partial charge in [0.05, 0.1) is 6.61 Å². The molecule has 0 atom stereocenters. The maximum absolute atomic E-state index is 12.1. The summed E-state index contributed by atoms with van der Waals surface area (Å²) < 4.78 is 11.8. The number of hydrogen-bond donors (Lipinski definition) is 1. The highest BCUT2D eigenvalue weighted by molar-refractivity contribution is 5.72. The number of nitrogens with one attached hydrogen (secondary N) is 1. The van der Waals surface area contributed by atoms with E-state index in [-0.39, 0.29) is 12.1 Å². The van der Waals surface area contributed by atoms with E-state index in [0.29, 0.717) is 18.9 Å². The van der Waals surface area contributed by atoms with E-state index in [4.69, 9.17) is 14.9 Å². The van der Waals surface area contributed by atoms with Crippen molar-refractivity contribution >= 4 is 11.9 Å². The van der Waals surface area contributed by atoms with E-state index in [9.17, 15) is 4.79 Å². The molecule has 0 radical (unpaired) electrons. The van der Waals surface area contributed by atoms with Crippen molar-refractivity contribution in [2.45, 2.75) is 245 Å². The molecule has 314 valence electrons. The summed E-state index contributed by atoms with van der Waals surface area (Å²) in [7, 11) is 0. The van der Waals surface area contributed by atoms with Gasteiger partial charge >= 0.3 is 5.97 Å². The summed E-state index contributed by atoms with van der Waals surface area (Å²) in [6.45, 7) is 10.7. The van der Waals surface area contributed by atoms with Crippen molar-refractivity contribution in [2.24, 2.45) is 0 Å². The van der Waals surface area contributed by atoms with E-state index in [1.807, 2.05) is 0 Å². The summed E-state index contributed by atoms with van der Waals surface area (Å²) in [5, 5.41) is 8.59. The van der Waals surface area contributed by atoms with Gasteiger partial charge in [-0.1, -0.05) is 192 Å². The first-order chi connectivity index (χ1) is 26.6. The Morgan fingerprint density at radius 2 is 0.963 bits per heavy atom. The van der Waals surface area contributed by atoms with Crippen molar-refractivity contribution in [1.82, 2.24) is 4.90 Å². The average molecular weight is 755 g/mol. The van der Waals surface area contributed by atoms with Gasteiger partial charge in [0.25, 0.3) is 0 Å². The van der Waals surface area contributed by atoms with Crippen LogP contribution in [0, 0.1) is 5.41 Å². The Labute approximate surface area is 336 Å². The zero-order chi connectivity index (χ0) is 39.0. The van der Waals surface area contributed by atoms with Gasteiger partial charge < -0.3 is 9.47 Å². The zero-order valence-corrected chi connectivity index (χ0v) is 36.3. The molecule has 0 heterocycles. The molecule has 0 fully saturated rings. The van der Waals surface area contributed by atoms with E-state index in [0.717, 1.165) is 64.6 Å². The molecule has 0 spiro atoms. The van der Waals surface area contributed by atoms with Crippen LogP contribution >= 0.6 is 0 Å². The lowest BCUT2D eigenvalue weighted by atomic mass is 10.0. The van der Waals surface area contributed by atoms with Gasteiger partial charge in [-0.15, -0.1) is 0 Å². The molecule has 0 unspecified atom stereocenters. The highest BCUT2D eigenvalue weighted by atomic mass is 16.5. The predicted octanol–water partition coefficient (Wildman–Crippen LogP) is 15.3. The van der Waals surface area contributed by atoms with Gasteiger partial charge in [-0.2, -0.15) is 0 Å². The van der Waals surface area contributed by atoms with Crippen LogP contribution in [0.2, 0.25) is 0 Å². The first kappa shape index (κ1) is 50.1. The topological polar surface area (TPSA) is 62.6 Å². The molecule has 5 nitrogen and oxygen atoms in total. The lowest BCUT2D eigenvalue weighted by molar-refractivity contribution is -0.143. The lowest BCUT2D eigenvalue weighted by Crippen LogP contribution is -2.25. The first-order valence-corrected chi connectivity index (χ1v) is 23.7. The second-order valence-electron chi connectivity index (χ2n) is 16.4. The first-order valence-electron chi connectivity index (χ1n) is 23.7. The summed E-state index contributed by atoms with van der Waals surface area (Å²) in [5.41, 5.74) is 1.40. The number of carbonyl (C=O) groups is 1. The van der Waals surface area contributed by atoms with Crippen LogP contribution in [0.3, 0.4) is 0 Å². The fourth-order valence-electron chi connectivity index (χ4n) is 7.54. The molecule has 0 saturated carbocycles. The molecule has 0 amide bonds. The number of benzene rings is 1. The van der Waals surface area contributed by atoms with Gasteiger partial charge in [0, 0.05) is 19.4 Å². The second kappa shape index (κ2) is 39.4. The SMILES string of the molecule is CCCCCCCCCOC(=O)CCCCCCCN(CCCCCCCC(=N)OC(CCCCCCCC)CCCCCCCC)Cc1ccccc1. The zero-order valence-electron chi connectivity index (χ0n) is 36.3. The van der Waals surface area contributed by atoms with Crippen molar-refractivity contribution in [3.63, 3.8) is 0 Å². The van der Waals surface area contributed by atoms with E-state index in [2.05, 4.69) is 56.0 Å². The van der Waals surface area contributed by atoms with Crippen LogP contribution in [0.5, 0.6) is 0 Å². The number of ether oxygens (including phenoxy) is 2. The third-order valence-electron chi connectivity index (χ3n) is 11.1. The third-order valence-corrected chi connectivity index (χ3v) is 11.1. The Bertz CT molecular complexity index is 922. The van der Waals surface area contributed by atoms with E-state index >= 15 is 0 Å². The maximum atomic E-state index is 12.1. The van der Waals surface area contributed by atoms with Crippen LogP contribution in [-0.2, 0) is 20.8 Å². The van der Waals surface area contributed by atoms with Crippen molar-refractivity contribution in [1.29, 1.82) is 5.41 Å². The largest absolute Gasteiger partial charge is 0.478 e. The highest BCUT2D eigenvalue weighted by Gasteiger charge is 2.13. The van der Waals surface area contributed by atoms with Gasteiger partial charge in [0.2, 0.25) is 0 Å². The van der Waals surface area contributed by atoms with Crippen LogP contribution in [0.25, 0.3) is 0 Å². The van der Waals surface area contributed by atoms with Gasteiger partial charge in [-0.25, -0.2) is 0 Å². The average Bonchev–Trinajstić information content (AvgIpc) is 3.17. The normalized spacial score (nSPS) is 11.5. The van der Waals surface area contributed by atoms with Gasteiger partial charge in [-0.3, -0.25) is 15.1 Å². The number of esters is 1. The van der Waals surface area contributed by atoms with E-state index in [1.54, 1.807) is 0 Å². The monoisotopic (exact) mass is 755 g/mol. The minimum Gasteiger partial charge on any atom is -0.478 e. The molecule has 0 aliphatic rings. The van der Waals surface area contributed by atoms with Crippen LogP contribution < -0.4 is 0 Å². The molecular formula is C49H90N2O3. The lowest BCUT2D eigenvalue weighted by Gasteiger charge is -2.22. The molecule has 0 saturated heterocycles. The molecule has 0 aromatic heterocycles. The third kappa shape index (κ3) is 33.5. The van der Waals surface area contributed by atoms with Gasteiger partial charge in [0.1, 0.15) is 6.10 Å². The molecule has 0 aliphatic carbocycles. The maximum Gasteiger partial charge on any atom is 0.305 e. The summed E-state index contributed by atoms with van der Waals surface area (Å²) in [6, 6.07) is 10.9. The summed E-state index contributed by atoms with van der Waals surface area (Å²) in [6.07, 6.45) is 40.2. The molecule has 5 heteroatoms. The van der Waals surface area contributed by atoms with Gasteiger partial charge in [-0.05, 0) is 76.4 Å². The standard InChI is InChI=1S/C49H90N2O3/c1-4-7-10-13-16-25-35-44-53-49(52)41-32-22-18-24-34-43-51(45-46-36-27-26-28-37-46)42-33-23-17-21-31-40-48(50)54-47(38-29-19-14-11-8-5-2)39-30-20-15-12-9-6-3/h26-28,36-37,47,50H,4-25,29-35,38-45H2,1-3H3. The second-order valence-corrected chi connectivity index (χ2v) is 16.4. The van der Waals surface area contributed by atoms with Crippen LogP contribution in [0.4, 0.5) is 0 Å². The fourth-order valence-corrected chi connectivity index (χ4v) is 7.54. The minimum absolute atomic E-state index is 0.00661. The smallest absolute Gasteiger partial charge is 0.305 e. The molecule has 1 aromatic rings. The molecule has 54 heavy (non-hydrogen) atoms. The summed E-state index contributed by atoms with van der Waals surface area (Å²) in [5.74, 6) is 0.526. The Balaban J connectivity index is 2.24. The highest BCUT2D eigenvalue weighted by Crippen LogP contribution is 2.19. The predicted molar refractivity (Wildman–Crippen MR) is 235 cm³/mol. The Morgan fingerprint density at radius 3 is 1.48 bits per heavy atom. The van der Waals surface area contributed by atoms with E-state index < -0.39 is 0 Å². The molecule has 1 rings (SSSR count). The number of nitrogens with zero attached hydrogens (tertiary/aromatic N) is 1. The molecule has 0 aliphatic heterocycles. The summed E-state index contributed by atoms with van der Waals surface area (Å²) in [4.78, 5) is 14.7. The van der Waals surface area contributed by atoms with Crippen molar-refractivity contribution < 1.29 is 14.3 Å². The molecular weight excluding hydrogens is 665 g/mol. The quantitative estimate of drug-likeness (QED) is 0.0313. The Kier molecular flexibility index (Phi) is 36.5. The van der Waals surface area contributed by atoms with Crippen LogP contribution in [-0.4, -0.2) is 42.6 Å². The minimum atomic E-state index is -0.00661. The summed E-state index contributed by atoms with van der Waals surface area (Å²) >= 11 is 0. The number of carbonyl (C=O) groups excluding carboxylic acids is 1. The van der Waals surface area contributed by atoms with Crippen molar-refractivity contribution in [3.8, 4) is 0 Å². The molecule has 1 N–H and O–H groups in total. The van der Waals surface area contributed by atoms with Crippen molar-refractivity contribution in [2.75, 3.05) is 19.7 Å². The van der Waals surface area contributed by atoms with Crippen LogP contribution in [0.15, 0.2) is 30.3 Å². The number of unbranched alkanes of at least 4 members (excludes halogenated alkanes) is 24. The van der Waals surface area contributed by atoms with Gasteiger partial charge in [0.15, 0.2) is 5.90 Å².